The van der Waals surface area contributed by atoms with Crippen LogP contribution in [0.15, 0.2) is 23.3 Å². The number of hydrogen-bond donors (Lipinski definition) is 1. The molecule has 0 fully saturated rings. The van der Waals surface area contributed by atoms with Gasteiger partial charge in [-0.15, -0.1) is 0 Å². The highest BCUT2D eigenvalue weighted by molar-refractivity contribution is 5.81. The van der Waals surface area contributed by atoms with E-state index < -0.39 is 17.7 Å². The molecule has 4 nitrogen and oxygen atoms in total. The van der Waals surface area contributed by atoms with Gasteiger partial charge in [-0.25, -0.2) is 19.0 Å². The minimum Gasteiger partial charge on any atom is -0.452 e. The summed E-state index contributed by atoms with van der Waals surface area (Å²) in [5.74, 6) is -1.43. The number of carbonyl (C=O) groups is 1. The number of nitrogens with one attached hydrogen (secondary N) is 1. The normalized spacial score (nSPS) is 10.3. The van der Waals surface area contributed by atoms with Crippen molar-refractivity contribution in [3.8, 4) is 0 Å². The molecule has 15 heavy (non-hydrogen) atoms. The van der Waals surface area contributed by atoms with E-state index in [4.69, 9.17) is 0 Å². The van der Waals surface area contributed by atoms with Gasteiger partial charge in [0.1, 0.15) is 11.6 Å². The molecule has 0 aliphatic heterocycles. The summed E-state index contributed by atoms with van der Waals surface area (Å²) in [5.41, 5.74) is 2.03. The summed E-state index contributed by atoms with van der Waals surface area (Å²) in [6, 6.07) is 3.01. The number of nitrogens with zero attached hydrogens (tertiary/aromatic N) is 1. The molecule has 1 aromatic rings. The maximum atomic E-state index is 13.0. The highest BCUT2D eigenvalue weighted by atomic mass is 19.1. The average Bonchev–Trinajstić information content (AvgIpc) is 2.21. The Kier molecular flexibility index (Phi) is 3.73. The molecule has 0 aromatic heterocycles. The second-order valence-corrected chi connectivity index (χ2v) is 2.53. The highest BCUT2D eigenvalue weighted by Gasteiger charge is 2.01. The van der Waals surface area contributed by atoms with Crippen LogP contribution in [-0.4, -0.2) is 19.4 Å². The first kappa shape index (κ1) is 11.1. The molecule has 0 bridgehead atoms. The van der Waals surface area contributed by atoms with Gasteiger partial charge in [0.15, 0.2) is 0 Å². The monoisotopic (exact) mass is 214 g/mol. The van der Waals surface area contributed by atoms with Crippen molar-refractivity contribution in [3.05, 3.63) is 35.4 Å². The average molecular weight is 214 g/mol. The standard InChI is InChI=1S/C9H8F2N2O2/c1-15-9(14)13-12-5-6-2-3-7(10)4-8(6)11/h2-5H,1H3,(H,13,14)/b12-5+. The van der Waals surface area contributed by atoms with E-state index in [1.807, 2.05) is 5.43 Å². The zero-order valence-corrected chi connectivity index (χ0v) is 7.83. The Labute approximate surface area is 84.5 Å². The number of rotatable bonds is 2. The third-order valence-electron chi connectivity index (χ3n) is 1.51. The van der Waals surface area contributed by atoms with Gasteiger partial charge in [0.25, 0.3) is 0 Å². The summed E-state index contributed by atoms with van der Waals surface area (Å²) in [7, 11) is 1.17. The number of carbonyl (C=O) groups excluding carboxylic acids is 1. The zero-order valence-electron chi connectivity index (χ0n) is 7.83. The van der Waals surface area contributed by atoms with Crippen LogP contribution < -0.4 is 5.43 Å². The van der Waals surface area contributed by atoms with Crippen molar-refractivity contribution in [1.82, 2.24) is 5.43 Å². The molecular weight excluding hydrogens is 206 g/mol. The van der Waals surface area contributed by atoms with Crippen molar-refractivity contribution in [2.75, 3.05) is 7.11 Å². The van der Waals surface area contributed by atoms with Crippen LogP contribution in [0.25, 0.3) is 0 Å². The molecular formula is C9H8F2N2O2. The predicted octanol–water partition coefficient (Wildman–Crippen LogP) is 1.65. The lowest BCUT2D eigenvalue weighted by Crippen LogP contribution is -2.16. The molecule has 80 valence electrons. The van der Waals surface area contributed by atoms with Gasteiger partial charge >= 0.3 is 6.09 Å². The first-order valence-corrected chi connectivity index (χ1v) is 3.95. The lowest BCUT2D eigenvalue weighted by molar-refractivity contribution is 0.171. The molecule has 1 amide bonds. The summed E-state index contributed by atoms with van der Waals surface area (Å²) < 4.78 is 29.7. The van der Waals surface area contributed by atoms with Gasteiger partial charge in [-0.2, -0.15) is 5.10 Å². The number of hydrazone groups is 1. The van der Waals surface area contributed by atoms with Crippen LogP contribution in [0.4, 0.5) is 13.6 Å². The predicted molar refractivity (Wildman–Crippen MR) is 49.5 cm³/mol. The van der Waals surface area contributed by atoms with Gasteiger partial charge in [-0.05, 0) is 12.1 Å². The van der Waals surface area contributed by atoms with Crippen LogP contribution in [0.2, 0.25) is 0 Å². The molecule has 0 heterocycles. The quantitative estimate of drug-likeness (QED) is 0.601. The molecule has 0 aliphatic carbocycles. The number of benzene rings is 1. The van der Waals surface area contributed by atoms with Gasteiger partial charge in [0, 0.05) is 11.6 Å². The van der Waals surface area contributed by atoms with Crippen molar-refractivity contribution < 1.29 is 18.3 Å². The van der Waals surface area contributed by atoms with Gasteiger partial charge in [0.2, 0.25) is 0 Å². The SMILES string of the molecule is COC(=O)N/N=C/c1ccc(F)cc1F. The summed E-state index contributed by atoms with van der Waals surface area (Å²) in [5, 5.41) is 3.39. The van der Waals surface area contributed by atoms with Crippen molar-refractivity contribution >= 4 is 12.3 Å². The first-order chi connectivity index (χ1) is 7.13. The number of methoxy groups -OCH3 is 1. The molecule has 0 saturated heterocycles. The Morgan fingerprint density at radius 2 is 2.27 bits per heavy atom. The zero-order chi connectivity index (χ0) is 11.3. The summed E-state index contributed by atoms with van der Waals surface area (Å²) >= 11 is 0. The largest absolute Gasteiger partial charge is 0.452 e. The molecule has 1 N–H and O–H groups in total. The topological polar surface area (TPSA) is 50.7 Å². The van der Waals surface area contributed by atoms with E-state index in [0.717, 1.165) is 18.3 Å². The molecule has 0 spiro atoms. The fourth-order valence-corrected chi connectivity index (χ4v) is 0.806. The Bertz CT molecular complexity index is 394. The molecule has 1 rings (SSSR count). The van der Waals surface area contributed by atoms with E-state index in [9.17, 15) is 13.6 Å². The number of ether oxygens (including phenoxy) is 1. The molecule has 1 aromatic carbocycles. The molecule has 0 radical (unpaired) electrons. The Balaban J connectivity index is 2.68. The Hall–Kier alpha value is -1.98. The number of halogens is 2. The Morgan fingerprint density at radius 3 is 2.87 bits per heavy atom. The van der Waals surface area contributed by atoms with Crippen LogP contribution >= 0.6 is 0 Å². The van der Waals surface area contributed by atoms with Crippen LogP contribution in [0.5, 0.6) is 0 Å². The van der Waals surface area contributed by atoms with E-state index >= 15 is 0 Å². The summed E-state index contributed by atoms with van der Waals surface area (Å²) in [6.45, 7) is 0. The second kappa shape index (κ2) is 5.04. The van der Waals surface area contributed by atoms with Crippen LogP contribution in [0.1, 0.15) is 5.56 Å². The first-order valence-electron chi connectivity index (χ1n) is 3.95. The van der Waals surface area contributed by atoms with Gasteiger partial charge in [0.05, 0.1) is 13.3 Å². The molecule has 6 heteroatoms. The lowest BCUT2D eigenvalue weighted by Gasteiger charge is -1.97. The van der Waals surface area contributed by atoms with E-state index in [0.29, 0.717) is 0 Å². The summed E-state index contributed by atoms with van der Waals surface area (Å²) in [6.07, 6.45) is 0.278. The third-order valence-corrected chi connectivity index (χ3v) is 1.51. The smallest absolute Gasteiger partial charge is 0.427 e. The van der Waals surface area contributed by atoms with Crippen molar-refractivity contribution in [1.29, 1.82) is 0 Å². The van der Waals surface area contributed by atoms with E-state index in [2.05, 4.69) is 9.84 Å². The van der Waals surface area contributed by atoms with E-state index in [1.54, 1.807) is 0 Å². The van der Waals surface area contributed by atoms with Crippen LogP contribution in [0, 0.1) is 11.6 Å². The molecule has 0 aliphatic rings. The minimum absolute atomic E-state index is 0.0628. The van der Waals surface area contributed by atoms with Crippen LogP contribution in [-0.2, 0) is 4.74 Å². The third kappa shape index (κ3) is 3.34. The fourth-order valence-electron chi connectivity index (χ4n) is 0.806. The van der Waals surface area contributed by atoms with E-state index in [1.165, 1.54) is 13.2 Å². The fraction of sp³-hybridized carbons (Fsp3) is 0.111. The lowest BCUT2D eigenvalue weighted by atomic mass is 10.2. The minimum atomic E-state index is -0.770. The number of hydrogen-bond acceptors (Lipinski definition) is 3. The number of amides is 1. The summed E-state index contributed by atoms with van der Waals surface area (Å²) in [4.78, 5) is 10.5. The van der Waals surface area contributed by atoms with E-state index in [-0.39, 0.29) is 5.56 Å². The van der Waals surface area contributed by atoms with Crippen molar-refractivity contribution in [2.24, 2.45) is 5.10 Å². The van der Waals surface area contributed by atoms with Gasteiger partial charge in [-0.3, -0.25) is 0 Å². The second-order valence-electron chi connectivity index (χ2n) is 2.53. The molecule has 0 atom stereocenters. The highest BCUT2D eigenvalue weighted by Crippen LogP contribution is 2.06. The molecule has 0 saturated carbocycles. The maximum absolute atomic E-state index is 13.0. The Morgan fingerprint density at radius 1 is 1.53 bits per heavy atom. The van der Waals surface area contributed by atoms with Crippen LogP contribution in [0.3, 0.4) is 0 Å². The van der Waals surface area contributed by atoms with Crippen molar-refractivity contribution in [2.45, 2.75) is 0 Å². The van der Waals surface area contributed by atoms with Gasteiger partial charge < -0.3 is 4.74 Å². The van der Waals surface area contributed by atoms with Crippen molar-refractivity contribution in [3.63, 3.8) is 0 Å². The van der Waals surface area contributed by atoms with Gasteiger partial charge in [-0.1, -0.05) is 0 Å². The molecule has 0 unspecified atom stereocenters. The maximum Gasteiger partial charge on any atom is 0.427 e.